The predicted octanol–water partition coefficient (Wildman–Crippen LogP) is 2.23. The normalized spacial score (nSPS) is 11.5. The lowest BCUT2D eigenvalue weighted by atomic mass is 10.1. The Bertz CT molecular complexity index is 435. The summed E-state index contributed by atoms with van der Waals surface area (Å²) < 4.78 is 18.4. The van der Waals surface area contributed by atoms with Gasteiger partial charge in [0.1, 0.15) is 5.82 Å². The molecule has 0 unspecified atom stereocenters. The van der Waals surface area contributed by atoms with E-state index in [4.69, 9.17) is 4.74 Å². The molecule has 112 valence electrons. The quantitative estimate of drug-likeness (QED) is 0.458. The zero-order valence-electron chi connectivity index (χ0n) is 12.5. The summed E-state index contributed by atoms with van der Waals surface area (Å²) in [6.45, 7) is 6.52. The van der Waals surface area contributed by atoms with Gasteiger partial charge in [-0.15, -0.1) is 0 Å². The number of nitrogens with zero attached hydrogens (tertiary/aromatic N) is 1. The SMILES string of the molecule is CCNC(=NCc1ccc(C)c(F)c1)NCCCOC. The molecule has 0 aromatic heterocycles. The molecule has 0 fully saturated rings. The molecule has 0 amide bonds. The standard InChI is InChI=1S/C15H24FN3O/c1-4-17-15(18-8-5-9-20-3)19-11-13-7-6-12(2)14(16)10-13/h6-7,10H,4-5,8-9,11H2,1-3H3,(H2,17,18,19). The van der Waals surface area contributed by atoms with Crippen LogP contribution in [0.25, 0.3) is 0 Å². The van der Waals surface area contributed by atoms with Crippen LogP contribution in [0.1, 0.15) is 24.5 Å². The van der Waals surface area contributed by atoms with E-state index in [9.17, 15) is 4.39 Å². The minimum atomic E-state index is -0.184. The largest absolute Gasteiger partial charge is 0.385 e. The van der Waals surface area contributed by atoms with Crippen LogP contribution in [0.3, 0.4) is 0 Å². The number of guanidine groups is 1. The van der Waals surface area contributed by atoms with Crippen molar-refractivity contribution >= 4 is 5.96 Å². The number of hydrogen-bond donors (Lipinski definition) is 2. The smallest absolute Gasteiger partial charge is 0.191 e. The predicted molar refractivity (Wildman–Crippen MR) is 80.4 cm³/mol. The third kappa shape index (κ3) is 6.02. The maximum absolute atomic E-state index is 13.4. The number of nitrogens with one attached hydrogen (secondary N) is 2. The van der Waals surface area contributed by atoms with E-state index in [1.165, 1.54) is 6.07 Å². The van der Waals surface area contributed by atoms with Gasteiger partial charge in [-0.2, -0.15) is 0 Å². The molecule has 1 aromatic rings. The molecular formula is C15H24FN3O. The van der Waals surface area contributed by atoms with Gasteiger partial charge in [-0.25, -0.2) is 9.38 Å². The summed E-state index contributed by atoms with van der Waals surface area (Å²) in [7, 11) is 1.69. The van der Waals surface area contributed by atoms with E-state index < -0.39 is 0 Å². The average Bonchev–Trinajstić information content (AvgIpc) is 2.44. The fourth-order valence-electron chi connectivity index (χ4n) is 1.67. The van der Waals surface area contributed by atoms with Crippen LogP contribution in [0, 0.1) is 12.7 Å². The van der Waals surface area contributed by atoms with Crippen molar-refractivity contribution in [1.82, 2.24) is 10.6 Å². The van der Waals surface area contributed by atoms with Crippen molar-refractivity contribution in [1.29, 1.82) is 0 Å². The number of methoxy groups -OCH3 is 1. The van der Waals surface area contributed by atoms with Gasteiger partial charge >= 0.3 is 0 Å². The molecule has 1 aromatic carbocycles. The number of aryl methyl sites for hydroxylation is 1. The van der Waals surface area contributed by atoms with Gasteiger partial charge in [-0.05, 0) is 37.5 Å². The number of aliphatic imine (C=N–C) groups is 1. The van der Waals surface area contributed by atoms with Gasteiger partial charge in [-0.3, -0.25) is 0 Å². The maximum atomic E-state index is 13.4. The fourth-order valence-corrected chi connectivity index (χ4v) is 1.67. The summed E-state index contributed by atoms with van der Waals surface area (Å²) >= 11 is 0. The molecule has 0 radical (unpaired) electrons. The average molecular weight is 281 g/mol. The second kappa shape index (κ2) is 9.31. The topological polar surface area (TPSA) is 45.7 Å². The number of hydrogen-bond acceptors (Lipinski definition) is 2. The Balaban J connectivity index is 2.54. The van der Waals surface area contributed by atoms with Crippen LogP contribution >= 0.6 is 0 Å². The van der Waals surface area contributed by atoms with E-state index in [0.29, 0.717) is 12.1 Å². The summed E-state index contributed by atoms with van der Waals surface area (Å²) in [5.41, 5.74) is 1.52. The Morgan fingerprint density at radius 1 is 1.35 bits per heavy atom. The maximum Gasteiger partial charge on any atom is 0.191 e. The van der Waals surface area contributed by atoms with Crippen molar-refractivity contribution < 1.29 is 9.13 Å². The zero-order chi connectivity index (χ0) is 14.8. The van der Waals surface area contributed by atoms with Crippen LogP contribution in [-0.4, -0.2) is 32.8 Å². The van der Waals surface area contributed by atoms with Crippen molar-refractivity contribution in [2.75, 3.05) is 26.8 Å². The third-order valence-corrected chi connectivity index (χ3v) is 2.82. The highest BCUT2D eigenvalue weighted by Gasteiger charge is 2.00. The molecule has 0 atom stereocenters. The lowest BCUT2D eigenvalue weighted by Gasteiger charge is -2.11. The minimum Gasteiger partial charge on any atom is -0.385 e. The van der Waals surface area contributed by atoms with Crippen LogP contribution in [-0.2, 0) is 11.3 Å². The molecule has 4 nitrogen and oxygen atoms in total. The number of rotatable bonds is 7. The molecule has 0 spiro atoms. The number of benzene rings is 1. The molecule has 0 aliphatic carbocycles. The molecule has 0 heterocycles. The number of halogens is 1. The minimum absolute atomic E-state index is 0.184. The van der Waals surface area contributed by atoms with E-state index in [2.05, 4.69) is 15.6 Å². The van der Waals surface area contributed by atoms with Crippen molar-refractivity contribution in [2.45, 2.75) is 26.8 Å². The molecule has 0 saturated heterocycles. The summed E-state index contributed by atoms with van der Waals surface area (Å²) in [6, 6.07) is 5.21. The second-order valence-electron chi connectivity index (χ2n) is 4.55. The van der Waals surface area contributed by atoms with E-state index in [1.54, 1.807) is 20.1 Å². The summed E-state index contributed by atoms with van der Waals surface area (Å²) in [5, 5.41) is 6.38. The molecular weight excluding hydrogens is 257 g/mol. The Kier molecular flexibility index (Phi) is 7.65. The Labute approximate surface area is 120 Å². The summed E-state index contributed by atoms with van der Waals surface area (Å²) in [5.74, 6) is 0.556. The molecule has 20 heavy (non-hydrogen) atoms. The first-order valence-corrected chi connectivity index (χ1v) is 6.93. The van der Waals surface area contributed by atoms with Gasteiger partial charge in [0.05, 0.1) is 6.54 Å². The fraction of sp³-hybridized carbons (Fsp3) is 0.533. The van der Waals surface area contributed by atoms with Gasteiger partial charge in [0, 0.05) is 26.8 Å². The number of ether oxygens (including phenoxy) is 1. The molecule has 1 rings (SSSR count). The third-order valence-electron chi connectivity index (χ3n) is 2.82. The van der Waals surface area contributed by atoms with Gasteiger partial charge in [0.2, 0.25) is 0 Å². The van der Waals surface area contributed by atoms with Crippen LogP contribution in [0.2, 0.25) is 0 Å². The van der Waals surface area contributed by atoms with E-state index in [0.717, 1.165) is 37.6 Å². The lowest BCUT2D eigenvalue weighted by Crippen LogP contribution is -2.38. The molecule has 0 bridgehead atoms. The van der Waals surface area contributed by atoms with Crippen molar-refractivity contribution in [3.05, 3.63) is 35.1 Å². The monoisotopic (exact) mass is 281 g/mol. The zero-order valence-corrected chi connectivity index (χ0v) is 12.5. The Hall–Kier alpha value is -1.62. The Morgan fingerprint density at radius 2 is 2.15 bits per heavy atom. The molecule has 5 heteroatoms. The van der Waals surface area contributed by atoms with Gasteiger partial charge in [0.25, 0.3) is 0 Å². The lowest BCUT2D eigenvalue weighted by molar-refractivity contribution is 0.195. The highest BCUT2D eigenvalue weighted by Crippen LogP contribution is 2.09. The summed E-state index contributed by atoms with van der Waals surface area (Å²) in [6.07, 6.45) is 0.917. The van der Waals surface area contributed by atoms with Crippen LogP contribution in [0.5, 0.6) is 0 Å². The van der Waals surface area contributed by atoms with Crippen molar-refractivity contribution in [3.8, 4) is 0 Å². The highest BCUT2D eigenvalue weighted by atomic mass is 19.1. The van der Waals surface area contributed by atoms with Crippen LogP contribution < -0.4 is 10.6 Å². The molecule has 0 aliphatic heterocycles. The molecule has 2 N–H and O–H groups in total. The van der Waals surface area contributed by atoms with Gasteiger partial charge < -0.3 is 15.4 Å². The van der Waals surface area contributed by atoms with E-state index in [-0.39, 0.29) is 5.82 Å². The van der Waals surface area contributed by atoms with Crippen molar-refractivity contribution in [3.63, 3.8) is 0 Å². The van der Waals surface area contributed by atoms with Gasteiger partial charge in [-0.1, -0.05) is 12.1 Å². The van der Waals surface area contributed by atoms with E-state index in [1.807, 2.05) is 13.0 Å². The molecule has 0 saturated carbocycles. The van der Waals surface area contributed by atoms with E-state index >= 15 is 0 Å². The first kappa shape index (κ1) is 16.4. The van der Waals surface area contributed by atoms with Crippen molar-refractivity contribution in [2.24, 2.45) is 4.99 Å². The van der Waals surface area contributed by atoms with Crippen LogP contribution in [0.4, 0.5) is 4.39 Å². The Morgan fingerprint density at radius 3 is 2.80 bits per heavy atom. The second-order valence-corrected chi connectivity index (χ2v) is 4.55. The van der Waals surface area contributed by atoms with Crippen LogP contribution in [0.15, 0.2) is 23.2 Å². The highest BCUT2D eigenvalue weighted by molar-refractivity contribution is 5.79. The summed E-state index contributed by atoms with van der Waals surface area (Å²) in [4.78, 5) is 4.44. The first-order chi connectivity index (χ1) is 9.67. The van der Waals surface area contributed by atoms with Gasteiger partial charge in [0.15, 0.2) is 5.96 Å². The first-order valence-electron chi connectivity index (χ1n) is 6.93. The molecule has 0 aliphatic rings.